The van der Waals surface area contributed by atoms with Gasteiger partial charge in [-0.05, 0) is 32.9 Å². The zero-order chi connectivity index (χ0) is 12.4. The summed E-state index contributed by atoms with van der Waals surface area (Å²) >= 11 is 1.78. The van der Waals surface area contributed by atoms with Crippen LogP contribution in [0, 0.1) is 6.92 Å². The fourth-order valence-electron chi connectivity index (χ4n) is 2.20. The van der Waals surface area contributed by atoms with Crippen LogP contribution in [0.2, 0.25) is 0 Å². The second kappa shape index (κ2) is 5.48. The predicted molar refractivity (Wildman–Crippen MR) is 72.4 cm³/mol. The summed E-state index contributed by atoms with van der Waals surface area (Å²) in [6.45, 7) is 9.32. The molecule has 3 nitrogen and oxygen atoms in total. The first-order valence-electron chi connectivity index (χ1n) is 6.25. The molecule has 0 spiro atoms. The van der Waals surface area contributed by atoms with Gasteiger partial charge in [0.2, 0.25) is 0 Å². The van der Waals surface area contributed by atoms with Crippen LogP contribution in [0.15, 0.2) is 12.1 Å². The van der Waals surface area contributed by atoms with Crippen molar-refractivity contribution in [2.45, 2.75) is 39.0 Å². The Morgan fingerprint density at radius 2 is 2.24 bits per heavy atom. The molecular formula is C13H22N2OS. The highest BCUT2D eigenvalue weighted by molar-refractivity contribution is 7.12. The summed E-state index contributed by atoms with van der Waals surface area (Å²) in [5, 5.41) is 0. The molecule has 0 amide bonds. The van der Waals surface area contributed by atoms with Crippen LogP contribution in [0.3, 0.4) is 0 Å². The zero-order valence-corrected chi connectivity index (χ0v) is 11.7. The summed E-state index contributed by atoms with van der Waals surface area (Å²) in [6, 6.07) is 4.83. The molecule has 1 aromatic heterocycles. The molecule has 4 heteroatoms. The van der Waals surface area contributed by atoms with Gasteiger partial charge in [-0.25, -0.2) is 0 Å². The molecule has 2 rings (SSSR count). The van der Waals surface area contributed by atoms with Crippen LogP contribution in [0.5, 0.6) is 0 Å². The molecule has 17 heavy (non-hydrogen) atoms. The van der Waals surface area contributed by atoms with Gasteiger partial charge in [0, 0.05) is 28.9 Å². The van der Waals surface area contributed by atoms with Crippen LogP contribution < -0.4 is 5.73 Å². The van der Waals surface area contributed by atoms with Crippen LogP contribution in [-0.4, -0.2) is 36.7 Å². The first-order chi connectivity index (χ1) is 8.08. The lowest BCUT2D eigenvalue weighted by Gasteiger charge is -2.37. The molecule has 0 aliphatic carbocycles. The molecule has 1 saturated heterocycles. The lowest BCUT2D eigenvalue weighted by atomic mass is 10.1. The van der Waals surface area contributed by atoms with Gasteiger partial charge in [-0.1, -0.05) is 0 Å². The standard InChI is InChI=1S/C13H22N2OS/c1-9(2)15-6-7-16-11(8-15)13(14)12-5-4-10(3)17-12/h4-5,9,11,13H,6-8,14H2,1-3H3. The highest BCUT2D eigenvalue weighted by atomic mass is 32.1. The molecule has 1 aliphatic rings. The van der Waals surface area contributed by atoms with Crippen molar-refractivity contribution < 1.29 is 4.74 Å². The monoisotopic (exact) mass is 254 g/mol. The number of morpholine rings is 1. The lowest BCUT2D eigenvalue weighted by molar-refractivity contribution is -0.0497. The van der Waals surface area contributed by atoms with E-state index in [0.29, 0.717) is 6.04 Å². The maximum absolute atomic E-state index is 6.30. The number of hydrogen-bond donors (Lipinski definition) is 1. The first-order valence-corrected chi connectivity index (χ1v) is 7.07. The fourth-order valence-corrected chi connectivity index (χ4v) is 3.13. The van der Waals surface area contributed by atoms with E-state index in [-0.39, 0.29) is 12.1 Å². The third-order valence-electron chi connectivity index (χ3n) is 3.35. The van der Waals surface area contributed by atoms with Gasteiger partial charge in [0.1, 0.15) is 0 Å². The summed E-state index contributed by atoms with van der Waals surface area (Å²) in [6.07, 6.45) is 0.129. The summed E-state index contributed by atoms with van der Waals surface area (Å²) in [4.78, 5) is 4.99. The summed E-state index contributed by atoms with van der Waals surface area (Å²) in [5.41, 5.74) is 6.30. The third-order valence-corrected chi connectivity index (χ3v) is 4.45. The van der Waals surface area contributed by atoms with Crippen LogP contribution in [0.1, 0.15) is 29.6 Å². The highest BCUT2D eigenvalue weighted by Crippen LogP contribution is 2.26. The van der Waals surface area contributed by atoms with Crippen molar-refractivity contribution in [3.8, 4) is 0 Å². The lowest BCUT2D eigenvalue weighted by Crippen LogP contribution is -2.49. The fraction of sp³-hybridized carbons (Fsp3) is 0.692. The largest absolute Gasteiger partial charge is 0.374 e. The Balaban J connectivity index is 2.02. The number of aryl methyl sites for hydroxylation is 1. The van der Waals surface area contributed by atoms with Gasteiger partial charge in [0.25, 0.3) is 0 Å². The normalized spacial score (nSPS) is 24.2. The van der Waals surface area contributed by atoms with E-state index in [0.717, 1.165) is 19.7 Å². The average Bonchev–Trinajstić information content (AvgIpc) is 2.75. The van der Waals surface area contributed by atoms with Gasteiger partial charge >= 0.3 is 0 Å². The van der Waals surface area contributed by atoms with Gasteiger partial charge in [-0.15, -0.1) is 11.3 Å². The molecule has 2 N–H and O–H groups in total. The van der Waals surface area contributed by atoms with Gasteiger partial charge in [-0.2, -0.15) is 0 Å². The Morgan fingerprint density at radius 1 is 1.47 bits per heavy atom. The maximum atomic E-state index is 6.30. The number of rotatable bonds is 3. The maximum Gasteiger partial charge on any atom is 0.0902 e. The molecule has 96 valence electrons. The Kier molecular flexibility index (Phi) is 4.20. The van der Waals surface area contributed by atoms with E-state index >= 15 is 0 Å². The topological polar surface area (TPSA) is 38.5 Å². The van der Waals surface area contributed by atoms with Crippen molar-refractivity contribution in [3.63, 3.8) is 0 Å². The van der Waals surface area contributed by atoms with Crippen LogP contribution in [-0.2, 0) is 4.74 Å². The number of nitrogens with zero attached hydrogens (tertiary/aromatic N) is 1. The first kappa shape index (κ1) is 13.0. The quantitative estimate of drug-likeness (QED) is 0.898. The number of ether oxygens (including phenoxy) is 1. The van der Waals surface area contributed by atoms with Crippen molar-refractivity contribution in [1.29, 1.82) is 0 Å². The SMILES string of the molecule is Cc1ccc(C(N)C2CN(C(C)C)CCO2)s1. The van der Waals surface area contributed by atoms with E-state index in [1.807, 2.05) is 0 Å². The van der Waals surface area contributed by atoms with Crippen molar-refractivity contribution in [2.24, 2.45) is 5.73 Å². The minimum atomic E-state index is 0.00949. The third kappa shape index (κ3) is 3.07. The molecular weight excluding hydrogens is 232 g/mol. The summed E-state index contributed by atoms with van der Waals surface area (Å²) in [5.74, 6) is 0. The van der Waals surface area contributed by atoms with Crippen LogP contribution in [0.4, 0.5) is 0 Å². The highest BCUT2D eigenvalue weighted by Gasteiger charge is 2.28. The van der Waals surface area contributed by atoms with Gasteiger partial charge in [-0.3, -0.25) is 4.90 Å². The Bertz CT molecular complexity index is 364. The van der Waals surface area contributed by atoms with Gasteiger partial charge in [0.15, 0.2) is 0 Å². The molecule has 0 radical (unpaired) electrons. The second-order valence-corrected chi connectivity index (χ2v) is 6.29. The van der Waals surface area contributed by atoms with Crippen molar-refractivity contribution in [3.05, 3.63) is 21.9 Å². The van der Waals surface area contributed by atoms with Gasteiger partial charge in [0.05, 0.1) is 18.8 Å². The Labute approximate surface area is 108 Å². The van der Waals surface area contributed by atoms with E-state index in [9.17, 15) is 0 Å². The van der Waals surface area contributed by atoms with E-state index < -0.39 is 0 Å². The van der Waals surface area contributed by atoms with Crippen LogP contribution in [0.25, 0.3) is 0 Å². The Morgan fingerprint density at radius 3 is 2.82 bits per heavy atom. The van der Waals surface area contributed by atoms with E-state index in [1.165, 1.54) is 9.75 Å². The molecule has 0 aromatic carbocycles. The molecule has 2 unspecified atom stereocenters. The molecule has 1 fully saturated rings. The number of hydrogen-bond acceptors (Lipinski definition) is 4. The Hall–Kier alpha value is -0.420. The predicted octanol–water partition coefficient (Wildman–Crippen LogP) is 2.17. The van der Waals surface area contributed by atoms with Crippen LogP contribution >= 0.6 is 11.3 Å². The van der Waals surface area contributed by atoms with E-state index in [1.54, 1.807) is 11.3 Å². The second-order valence-electron chi connectivity index (χ2n) is 4.97. The average molecular weight is 254 g/mol. The number of thiophene rings is 1. The van der Waals surface area contributed by atoms with E-state index in [4.69, 9.17) is 10.5 Å². The van der Waals surface area contributed by atoms with E-state index in [2.05, 4.69) is 37.8 Å². The van der Waals surface area contributed by atoms with Crippen molar-refractivity contribution in [2.75, 3.05) is 19.7 Å². The van der Waals surface area contributed by atoms with Crippen molar-refractivity contribution in [1.82, 2.24) is 4.90 Å². The minimum Gasteiger partial charge on any atom is -0.374 e. The molecule has 2 atom stereocenters. The van der Waals surface area contributed by atoms with Crippen molar-refractivity contribution >= 4 is 11.3 Å². The smallest absolute Gasteiger partial charge is 0.0902 e. The zero-order valence-electron chi connectivity index (χ0n) is 10.8. The van der Waals surface area contributed by atoms with Gasteiger partial charge < -0.3 is 10.5 Å². The molecule has 1 aliphatic heterocycles. The summed E-state index contributed by atoms with van der Waals surface area (Å²) < 4.78 is 5.82. The minimum absolute atomic E-state index is 0.00949. The molecule has 0 saturated carbocycles. The summed E-state index contributed by atoms with van der Waals surface area (Å²) in [7, 11) is 0. The molecule has 1 aromatic rings. The molecule has 0 bridgehead atoms. The number of nitrogens with two attached hydrogens (primary N) is 1. The molecule has 2 heterocycles.